The van der Waals surface area contributed by atoms with E-state index >= 15 is 0 Å². The maximum absolute atomic E-state index is 11.1. The number of H-pyrrole nitrogens is 1. The molecule has 1 heterocycles. The molecule has 0 saturated carbocycles. The molecule has 0 bridgehead atoms. The van der Waals surface area contributed by atoms with Gasteiger partial charge >= 0.3 is 51.4 Å². The van der Waals surface area contributed by atoms with Gasteiger partial charge < -0.3 is 1.43 Å². The summed E-state index contributed by atoms with van der Waals surface area (Å²) in [5.41, 5.74) is -0.136. The van der Waals surface area contributed by atoms with Gasteiger partial charge in [0.1, 0.15) is 0 Å². The monoisotopic (exact) mass is 186 g/mol. The van der Waals surface area contributed by atoms with Gasteiger partial charge in [-0.1, -0.05) is 18.2 Å². The van der Waals surface area contributed by atoms with Gasteiger partial charge in [0.05, 0.1) is 6.20 Å². The van der Waals surface area contributed by atoms with Gasteiger partial charge in [0.2, 0.25) is 0 Å². The van der Waals surface area contributed by atoms with Crippen molar-refractivity contribution in [3.63, 3.8) is 0 Å². The van der Waals surface area contributed by atoms with Crippen LogP contribution in [0.3, 0.4) is 0 Å². The van der Waals surface area contributed by atoms with Crippen LogP contribution in [0.4, 0.5) is 0 Å². The summed E-state index contributed by atoms with van der Waals surface area (Å²) in [5.74, 6) is 0. The summed E-state index contributed by atoms with van der Waals surface area (Å²) in [6, 6.07) is 7.34. The summed E-state index contributed by atoms with van der Waals surface area (Å²) in [7, 11) is 0. The summed E-state index contributed by atoms with van der Waals surface area (Å²) in [4.78, 5) is 11.1. The predicted octanol–water partition coefficient (Wildman–Crippen LogP) is -1.96. The molecule has 0 aliphatic rings. The smallest absolute Gasteiger partial charge is 1.00 e. The third kappa shape index (κ3) is 1.84. The fourth-order valence-corrected chi connectivity index (χ4v) is 1.04. The van der Waals surface area contributed by atoms with E-state index in [1.165, 1.54) is 0 Å². The minimum atomic E-state index is -0.136. The van der Waals surface area contributed by atoms with E-state index in [-0.39, 0.29) is 58.4 Å². The summed E-state index contributed by atoms with van der Waals surface area (Å²) < 4.78 is 0. The molecule has 1 aromatic carbocycles. The van der Waals surface area contributed by atoms with Gasteiger partial charge in [0.25, 0.3) is 5.56 Å². The first-order chi connectivity index (χ1) is 5.38. The number of aromatic nitrogens is 2. The third-order valence-electron chi connectivity index (χ3n) is 1.58. The SMILES string of the molecule is O=c1[nH]ncc2ccccc12.[H-].[K+]. The van der Waals surface area contributed by atoms with Crippen LogP contribution in [0.2, 0.25) is 0 Å². The van der Waals surface area contributed by atoms with Crippen molar-refractivity contribution in [1.29, 1.82) is 0 Å². The van der Waals surface area contributed by atoms with Gasteiger partial charge in [-0.2, -0.15) is 5.10 Å². The zero-order valence-corrected chi connectivity index (χ0v) is 9.87. The van der Waals surface area contributed by atoms with Crippen LogP contribution in [0.1, 0.15) is 1.43 Å². The second kappa shape index (κ2) is 4.29. The number of nitrogens with zero attached hydrogens (tertiary/aromatic N) is 1. The van der Waals surface area contributed by atoms with Crippen molar-refractivity contribution in [2.75, 3.05) is 0 Å². The summed E-state index contributed by atoms with van der Waals surface area (Å²) in [6.45, 7) is 0. The van der Waals surface area contributed by atoms with Crippen LogP contribution < -0.4 is 56.9 Å². The van der Waals surface area contributed by atoms with Gasteiger partial charge in [-0.25, -0.2) is 5.10 Å². The van der Waals surface area contributed by atoms with Crippen molar-refractivity contribution >= 4 is 10.8 Å². The molecule has 4 heteroatoms. The molecular weight excluding hydrogens is 179 g/mol. The first kappa shape index (κ1) is 10.1. The van der Waals surface area contributed by atoms with E-state index in [0.29, 0.717) is 5.39 Å². The van der Waals surface area contributed by atoms with Crippen LogP contribution in [0.25, 0.3) is 10.8 Å². The average Bonchev–Trinajstić information content (AvgIpc) is 2.06. The van der Waals surface area contributed by atoms with E-state index in [0.717, 1.165) is 5.39 Å². The summed E-state index contributed by atoms with van der Waals surface area (Å²) in [6.07, 6.45) is 1.64. The molecule has 3 nitrogen and oxygen atoms in total. The van der Waals surface area contributed by atoms with Gasteiger partial charge in [-0.05, 0) is 6.07 Å². The molecule has 12 heavy (non-hydrogen) atoms. The van der Waals surface area contributed by atoms with Crippen molar-refractivity contribution in [2.45, 2.75) is 0 Å². The summed E-state index contributed by atoms with van der Waals surface area (Å²) >= 11 is 0. The fourth-order valence-electron chi connectivity index (χ4n) is 1.04. The third-order valence-corrected chi connectivity index (χ3v) is 1.58. The van der Waals surface area contributed by atoms with Crippen molar-refractivity contribution < 1.29 is 52.8 Å². The number of fused-ring (bicyclic) bond motifs is 1. The van der Waals surface area contributed by atoms with Crippen molar-refractivity contribution in [2.24, 2.45) is 0 Å². The van der Waals surface area contributed by atoms with Gasteiger partial charge in [-0.15, -0.1) is 0 Å². The van der Waals surface area contributed by atoms with E-state index < -0.39 is 0 Å². The Kier molecular flexibility index (Phi) is 3.61. The van der Waals surface area contributed by atoms with E-state index in [2.05, 4.69) is 10.2 Å². The zero-order chi connectivity index (χ0) is 7.68. The van der Waals surface area contributed by atoms with Crippen molar-refractivity contribution in [3.8, 4) is 0 Å². The van der Waals surface area contributed by atoms with Crippen molar-refractivity contribution in [1.82, 2.24) is 10.2 Å². The molecular formula is C8H7KN2O. The van der Waals surface area contributed by atoms with Gasteiger partial charge in [0.15, 0.2) is 0 Å². The molecule has 0 amide bonds. The molecule has 1 aromatic heterocycles. The minimum absolute atomic E-state index is 0. The zero-order valence-electron chi connectivity index (χ0n) is 7.74. The molecule has 56 valence electrons. The normalized spacial score (nSPS) is 9.33. The fraction of sp³-hybridized carbons (Fsp3) is 0. The number of hydrogen-bond acceptors (Lipinski definition) is 2. The molecule has 2 aromatic rings. The standard InChI is InChI=1S/C8H6N2O.K.H/c11-8-7-4-2-1-3-6(7)5-9-10-8;;/h1-5H,(H,10,11);;/q;+1;-1. The van der Waals surface area contributed by atoms with Crippen LogP contribution in [0.15, 0.2) is 35.3 Å². The van der Waals surface area contributed by atoms with Crippen molar-refractivity contribution in [3.05, 3.63) is 40.8 Å². The molecule has 0 radical (unpaired) electrons. The first-order valence-corrected chi connectivity index (χ1v) is 3.30. The number of benzene rings is 1. The van der Waals surface area contributed by atoms with Crippen LogP contribution in [-0.2, 0) is 0 Å². The first-order valence-electron chi connectivity index (χ1n) is 3.30. The second-order valence-electron chi connectivity index (χ2n) is 2.29. The summed E-state index contributed by atoms with van der Waals surface area (Å²) in [5, 5.41) is 7.60. The Bertz CT molecular complexity index is 438. The molecule has 0 atom stereocenters. The molecule has 2 rings (SSSR count). The van der Waals surface area contributed by atoms with E-state index in [1.807, 2.05) is 18.2 Å². The Morgan fingerprint density at radius 3 is 2.83 bits per heavy atom. The Morgan fingerprint density at radius 1 is 1.33 bits per heavy atom. The maximum atomic E-state index is 11.1. The topological polar surface area (TPSA) is 45.8 Å². The molecule has 0 aliphatic heterocycles. The minimum Gasteiger partial charge on any atom is -1.00 e. The molecule has 0 unspecified atom stereocenters. The number of nitrogens with one attached hydrogen (secondary N) is 1. The number of aromatic amines is 1. The van der Waals surface area contributed by atoms with Gasteiger partial charge in [-0.3, -0.25) is 4.79 Å². The van der Waals surface area contributed by atoms with Crippen LogP contribution >= 0.6 is 0 Å². The Balaban J connectivity index is 0.000000720. The Labute approximate surface area is 113 Å². The van der Waals surface area contributed by atoms with E-state index in [1.54, 1.807) is 12.3 Å². The number of hydrogen-bond donors (Lipinski definition) is 1. The van der Waals surface area contributed by atoms with Crippen LogP contribution in [0.5, 0.6) is 0 Å². The molecule has 0 saturated heterocycles. The van der Waals surface area contributed by atoms with E-state index in [9.17, 15) is 4.79 Å². The molecule has 1 N–H and O–H groups in total. The molecule has 0 aliphatic carbocycles. The molecule has 0 spiro atoms. The average molecular weight is 186 g/mol. The Hall–Kier alpha value is -0.00364. The largest absolute Gasteiger partial charge is 1.00 e. The Morgan fingerprint density at radius 2 is 2.08 bits per heavy atom. The van der Waals surface area contributed by atoms with E-state index in [4.69, 9.17) is 0 Å². The predicted molar refractivity (Wildman–Crippen MR) is 43.5 cm³/mol. The van der Waals surface area contributed by atoms with Gasteiger partial charge in [0, 0.05) is 10.8 Å². The molecule has 0 fully saturated rings. The quantitative estimate of drug-likeness (QED) is 0.486. The number of rotatable bonds is 0. The second-order valence-corrected chi connectivity index (χ2v) is 2.29. The van der Waals surface area contributed by atoms with Crippen LogP contribution in [-0.4, -0.2) is 10.2 Å². The van der Waals surface area contributed by atoms with Crippen LogP contribution in [0, 0.1) is 0 Å². The maximum Gasteiger partial charge on any atom is 1.00 e.